The molecule has 1 saturated carbocycles. The maximum absolute atomic E-state index is 15.1. The lowest BCUT2D eigenvalue weighted by Gasteiger charge is -2.30. The Balaban J connectivity index is 1.96. The van der Waals surface area contributed by atoms with Crippen LogP contribution in [0.25, 0.3) is 0 Å². The van der Waals surface area contributed by atoms with Gasteiger partial charge in [0.15, 0.2) is 0 Å². The number of carbonyl (C=O) groups is 2. The Morgan fingerprint density at radius 3 is 2.31 bits per heavy atom. The first kappa shape index (κ1) is 32.9. The molecule has 45 heavy (non-hydrogen) atoms. The van der Waals surface area contributed by atoms with E-state index in [0.29, 0.717) is 24.4 Å². The van der Waals surface area contributed by atoms with Crippen LogP contribution in [0, 0.1) is 0 Å². The molecule has 0 saturated heterocycles. The molecule has 0 spiro atoms. The molecule has 2 aromatic heterocycles. The summed E-state index contributed by atoms with van der Waals surface area (Å²) in [5.41, 5.74) is -1.55. The second-order valence-electron chi connectivity index (χ2n) is 14.4. The highest BCUT2D eigenvalue weighted by molar-refractivity contribution is 5.95. The number of hydrogen-bond donors (Lipinski definition) is 2. The lowest BCUT2D eigenvalue weighted by Crippen LogP contribution is -2.47. The van der Waals surface area contributed by atoms with Crippen molar-refractivity contribution in [3.63, 3.8) is 0 Å². The van der Waals surface area contributed by atoms with E-state index in [1.54, 1.807) is 52.3 Å². The maximum Gasteiger partial charge on any atom is 0.420 e. The zero-order chi connectivity index (χ0) is 35.8. The van der Waals surface area contributed by atoms with Crippen molar-refractivity contribution in [2.75, 3.05) is 11.5 Å². The third kappa shape index (κ3) is 10.3. The number of aromatic nitrogens is 3. The van der Waals surface area contributed by atoms with Gasteiger partial charge in [-0.3, -0.25) is 0 Å². The number of carbonyl (C=O) groups excluding carboxylic acids is 2. The summed E-state index contributed by atoms with van der Waals surface area (Å²) in [5.74, 6) is -3.79. The van der Waals surface area contributed by atoms with Gasteiger partial charge in [-0.05, 0) is 94.6 Å². The number of halogens is 2. The summed E-state index contributed by atoms with van der Waals surface area (Å²) in [7, 11) is 0. The van der Waals surface area contributed by atoms with Crippen molar-refractivity contribution < 1.29 is 40.4 Å². The van der Waals surface area contributed by atoms with E-state index in [1.165, 1.54) is 23.2 Å². The molecule has 11 nitrogen and oxygen atoms in total. The lowest BCUT2D eigenvalue weighted by atomic mass is 10.0. The van der Waals surface area contributed by atoms with Crippen LogP contribution in [0.4, 0.5) is 29.9 Å². The Morgan fingerprint density at radius 2 is 1.76 bits per heavy atom. The number of aliphatic hydroxyl groups excluding tert-OH is 1. The quantitative estimate of drug-likeness (QED) is 0.299. The van der Waals surface area contributed by atoms with Crippen LogP contribution in [0.15, 0.2) is 24.4 Å². The lowest BCUT2D eigenvalue weighted by molar-refractivity contribution is -0.0505. The summed E-state index contributed by atoms with van der Waals surface area (Å²) in [6.07, 6.45) is -0.539. The predicted octanol–water partition coefficient (Wildman–Crippen LogP) is 7.05. The van der Waals surface area contributed by atoms with Gasteiger partial charge in [0.2, 0.25) is 5.88 Å². The molecule has 2 heterocycles. The Hall–Kier alpha value is -3.48. The number of hydrogen-bond acceptors (Lipinski definition) is 8. The number of nitrogens with one attached hydrogen (secondary N) is 1. The minimum Gasteiger partial charge on any atom is -0.477 e. The third-order valence-corrected chi connectivity index (χ3v) is 6.80. The minimum atomic E-state index is -3.75. The number of alkyl carbamates (subject to hydrolysis) is 1. The molecule has 1 fully saturated rings. The topological polar surface area (TPSA) is 128 Å². The molecule has 0 aliphatic heterocycles. The smallest absolute Gasteiger partial charge is 0.420 e. The largest absolute Gasteiger partial charge is 0.477 e. The molecular formula is C32H49F2N5O6. The van der Waals surface area contributed by atoms with Crippen molar-refractivity contribution >= 4 is 23.7 Å². The standard InChI is InChI=1S/C32H49F2N5O6/c1-20(36-27(41)44-30(5,6)7)32(33,34)14-16-43-25-18-22(13-15-35-25)38(28(42)45-31(8,9)10)26-19-24(21-11-12-23(40)17-21)37-39(26)29(2,3)4/h13,15,18-21,23,40H,11-12,14,16-17H2,1-10H3,(H,36,41)/t20-,21-,23+/m0/s1/i16D2. The minimum absolute atomic E-state index is 0.0229. The van der Waals surface area contributed by atoms with Gasteiger partial charge in [0, 0.05) is 30.7 Å². The van der Waals surface area contributed by atoms with Gasteiger partial charge in [-0.25, -0.2) is 32.9 Å². The molecule has 3 atom stereocenters. The molecule has 3 rings (SSSR count). The van der Waals surface area contributed by atoms with E-state index >= 15 is 8.78 Å². The Kier molecular flexibility index (Phi) is 9.85. The van der Waals surface area contributed by atoms with E-state index in [0.717, 1.165) is 13.3 Å². The van der Waals surface area contributed by atoms with E-state index in [1.807, 2.05) is 26.1 Å². The van der Waals surface area contributed by atoms with Gasteiger partial charge >= 0.3 is 12.2 Å². The number of anilines is 2. The van der Waals surface area contributed by atoms with Gasteiger partial charge in [0.25, 0.3) is 5.92 Å². The molecule has 1 aliphatic rings. The van der Waals surface area contributed by atoms with Crippen LogP contribution >= 0.6 is 0 Å². The summed E-state index contributed by atoms with van der Waals surface area (Å²) < 4.78 is 64.5. The zero-order valence-corrected chi connectivity index (χ0v) is 27.9. The van der Waals surface area contributed by atoms with Crippen molar-refractivity contribution in [2.24, 2.45) is 0 Å². The summed E-state index contributed by atoms with van der Waals surface area (Å²) in [5, 5.41) is 17.0. The Morgan fingerprint density at radius 1 is 1.11 bits per heavy atom. The number of nitrogens with zero attached hydrogens (tertiary/aromatic N) is 4. The maximum atomic E-state index is 15.1. The summed E-state index contributed by atoms with van der Waals surface area (Å²) in [4.78, 5) is 31.1. The molecule has 0 bridgehead atoms. The van der Waals surface area contributed by atoms with E-state index in [4.69, 9.17) is 22.1 Å². The van der Waals surface area contributed by atoms with Crippen molar-refractivity contribution in [3.05, 3.63) is 30.1 Å². The van der Waals surface area contributed by atoms with Crippen molar-refractivity contribution in [1.29, 1.82) is 0 Å². The summed E-state index contributed by atoms with van der Waals surface area (Å²) >= 11 is 0. The van der Waals surface area contributed by atoms with Crippen molar-refractivity contribution in [2.45, 2.75) is 136 Å². The van der Waals surface area contributed by atoms with Crippen LogP contribution in [-0.2, 0) is 15.0 Å². The van der Waals surface area contributed by atoms with E-state index in [-0.39, 0.29) is 17.5 Å². The molecule has 2 aromatic rings. The van der Waals surface area contributed by atoms with Crippen molar-refractivity contribution in [3.8, 4) is 5.88 Å². The van der Waals surface area contributed by atoms with Gasteiger partial charge in [0.1, 0.15) is 17.0 Å². The normalized spacial score (nSPS) is 19.3. The SMILES string of the molecule is [2H]C([2H])(CC(F)(F)[C@H](C)NC(=O)OC(C)(C)C)Oc1cc(N(C(=O)OC(C)(C)C)c2cc([C@H]3CC[C@@H](O)C3)nn2C(C)(C)C)ccn1. The monoisotopic (exact) mass is 639 g/mol. The zero-order valence-electron chi connectivity index (χ0n) is 29.9. The van der Waals surface area contributed by atoms with E-state index in [2.05, 4.69) is 4.98 Å². The first-order valence-electron chi connectivity index (χ1n) is 16.1. The highest BCUT2D eigenvalue weighted by Gasteiger charge is 2.38. The summed E-state index contributed by atoms with van der Waals surface area (Å²) in [6.45, 7) is 13.7. The highest BCUT2D eigenvalue weighted by Crippen LogP contribution is 2.39. The Labute approximate surface area is 267 Å². The second kappa shape index (κ2) is 13.5. The van der Waals surface area contributed by atoms with Crippen LogP contribution in [0.2, 0.25) is 0 Å². The molecule has 0 unspecified atom stereocenters. The number of amides is 2. The Bertz CT molecular complexity index is 1420. The number of pyridine rings is 1. The average Bonchev–Trinajstić information content (AvgIpc) is 3.47. The first-order valence-corrected chi connectivity index (χ1v) is 15.1. The highest BCUT2D eigenvalue weighted by atomic mass is 19.3. The van der Waals surface area contributed by atoms with Crippen LogP contribution in [0.1, 0.15) is 109 Å². The van der Waals surface area contributed by atoms with E-state index < -0.39 is 60.0 Å². The predicted molar refractivity (Wildman–Crippen MR) is 166 cm³/mol. The number of aliphatic hydroxyl groups is 1. The number of alkyl halides is 2. The molecule has 2 amide bonds. The fourth-order valence-electron chi connectivity index (χ4n) is 4.65. The van der Waals surface area contributed by atoms with Gasteiger partial charge in [0.05, 0.1) is 38.4 Å². The molecular weight excluding hydrogens is 588 g/mol. The average molecular weight is 640 g/mol. The van der Waals surface area contributed by atoms with Crippen LogP contribution < -0.4 is 15.0 Å². The molecule has 0 radical (unpaired) electrons. The van der Waals surface area contributed by atoms with Gasteiger partial charge in [-0.2, -0.15) is 5.10 Å². The molecule has 252 valence electrons. The molecule has 0 aromatic carbocycles. The second-order valence-corrected chi connectivity index (χ2v) is 14.4. The van der Waals surface area contributed by atoms with Crippen LogP contribution in [0.3, 0.4) is 0 Å². The van der Waals surface area contributed by atoms with Crippen LogP contribution in [0.5, 0.6) is 5.88 Å². The summed E-state index contributed by atoms with van der Waals surface area (Å²) in [6, 6.07) is 2.71. The van der Waals surface area contributed by atoms with Crippen molar-refractivity contribution in [1.82, 2.24) is 20.1 Å². The van der Waals surface area contributed by atoms with Gasteiger partial charge in [-0.15, -0.1) is 0 Å². The molecule has 2 N–H and O–H groups in total. The van der Waals surface area contributed by atoms with Gasteiger partial charge < -0.3 is 24.6 Å². The number of rotatable bonds is 9. The molecule has 13 heteroatoms. The third-order valence-electron chi connectivity index (χ3n) is 6.80. The fraction of sp³-hybridized carbons (Fsp3) is 0.688. The van der Waals surface area contributed by atoms with Crippen LogP contribution in [-0.4, -0.2) is 67.9 Å². The van der Waals surface area contributed by atoms with E-state index in [9.17, 15) is 14.7 Å². The molecule has 1 aliphatic carbocycles. The number of ether oxygens (including phenoxy) is 3. The fourth-order valence-corrected chi connectivity index (χ4v) is 4.65. The first-order chi connectivity index (χ1) is 21.3. The van der Waals surface area contributed by atoms with Gasteiger partial charge in [-0.1, -0.05) is 0 Å².